The molecular weight excluding hydrogens is 172 g/mol. The highest BCUT2D eigenvalue weighted by atomic mass is 16.5. The van der Waals surface area contributed by atoms with Crippen molar-refractivity contribution >= 4 is 0 Å². The van der Waals surface area contributed by atoms with E-state index in [-0.39, 0.29) is 0 Å². The minimum atomic E-state index is -0.470. The predicted octanol–water partition coefficient (Wildman–Crippen LogP) is 0.332. The first-order valence-electron chi connectivity index (χ1n) is 4.47. The van der Waals surface area contributed by atoms with Crippen LogP contribution in [0.1, 0.15) is 18.7 Å². The Labute approximate surface area is 75.1 Å². The molecule has 1 aromatic rings. The number of hydrogen-bond acceptors (Lipinski definition) is 4. The molecule has 0 saturated carbocycles. The van der Waals surface area contributed by atoms with Crippen molar-refractivity contribution in [1.29, 1.82) is 0 Å². The lowest BCUT2D eigenvalue weighted by Crippen LogP contribution is -2.18. The van der Waals surface area contributed by atoms with E-state index < -0.39 is 5.76 Å². The largest absolute Gasteiger partial charge is 0.438 e. The minimum absolute atomic E-state index is 0.470. The number of H-pyrrole nitrogens is 1. The molecule has 1 aliphatic heterocycles. The van der Waals surface area contributed by atoms with Crippen molar-refractivity contribution in [3.63, 3.8) is 0 Å². The van der Waals surface area contributed by atoms with Gasteiger partial charge in [0.05, 0.1) is 0 Å². The molecule has 1 aromatic heterocycles. The van der Waals surface area contributed by atoms with Crippen LogP contribution in [0.25, 0.3) is 0 Å². The van der Waals surface area contributed by atoms with Crippen LogP contribution in [0.4, 0.5) is 0 Å². The molecule has 2 heterocycles. The quantitative estimate of drug-likeness (QED) is 0.719. The van der Waals surface area contributed by atoms with Crippen LogP contribution in [0.3, 0.4) is 0 Å². The van der Waals surface area contributed by atoms with Crippen molar-refractivity contribution < 1.29 is 9.26 Å². The summed E-state index contributed by atoms with van der Waals surface area (Å²) in [6.07, 6.45) is 2.86. The normalized spacial score (nSPS) is 19.1. The van der Waals surface area contributed by atoms with Crippen molar-refractivity contribution in [2.45, 2.75) is 19.3 Å². The Hall–Kier alpha value is -1.10. The van der Waals surface area contributed by atoms with Gasteiger partial charge in [0, 0.05) is 19.6 Å². The van der Waals surface area contributed by atoms with E-state index in [9.17, 15) is 4.79 Å². The van der Waals surface area contributed by atoms with Crippen LogP contribution < -0.4 is 5.76 Å². The Morgan fingerprint density at radius 2 is 2.23 bits per heavy atom. The molecule has 0 bridgehead atoms. The number of rotatable bonds is 2. The maximum absolute atomic E-state index is 10.6. The van der Waals surface area contributed by atoms with Crippen molar-refractivity contribution in [2.24, 2.45) is 5.92 Å². The van der Waals surface area contributed by atoms with Crippen molar-refractivity contribution in [3.8, 4) is 0 Å². The van der Waals surface area contributed by atoms with Gasteiger partial charge in [-0.25, -0.2) is 4.79 Å². The van der Waals surface area contributed by atoms with E-state index in [0.29, 0.717) is 11.7 Å². The second kappa shape index (κ2) is 3.74. The Morgan fingerprint density at radius 1 is 1.46 bits per heavy atom. The lowest BCUT2D eigenvalue weighted by molar-refractivity contribution is 0.0658. The minimum Gasteiger partial charge on any atom is -0.381 e. The van der Waals surface area contributed by atoms with Crippen LogP contribution in [0.5, 0.6) is 0 Å². The molecule has 1 fully saturated rings. The molecule has 5 nitrogen and oxygen atoms in total. The van der Waals surface area contributed by atoms with Gasteiger partial charge in [-0.2, -0.15) is 0 Å². The summed E-state index contributed by atoms with van der Waals surface area (Å²) in [5.74, 6) is 0.744. The molecule has 13 heavy (non-hydrogen) atoms. The summed E-state index contributed by atoms with van der Waals surface area (Å²) in [4.78, 5) is 13.2. The molecule has 0 aliphatic carbocycles. The third-order valence-corrected chi connectivity index (χ3v) is 2.31. The monoisotopic (exact) mass is 184 g/mol. The van der Waals surface area contributed by atoms with Gasteiger partial charge in [0.25, 0.3) is 0 Å². The first-order chi connectivity index (χ1) is 6.34. The van der Waals surface area contributed by atoms with Gasteiger partial charge in [0.15, 0.2) is 5.82 Å². The maximum atomic E-state index is 10.6. The summed E-state index contributed by atoms with van der Waals surface area (Å²) in [5, 5.41) is 3.63. The lowest BCUT2D eigenvalue weighted by atomic mass is 9.96. The fourth-order valence-electron chi connectivity index (χ4n) is 1.57. The Morgan fingerprint density at radius 3 is 2.85 bits per heavy atom. The lowest BCUT2D eigenvalue weighted by Gasteiger charge is -2.20. The van der Waals surface area contributed by atoms with Crippen LogP contribution in [0, 0.1) is 5.92 Å². The molecule has 5 heteroatoms. The zero-order chi connectivity index (χ0) is 9.10. The third-order valence-electron chi connectivity index (χ3n) is 2.31. The zero-order valence-corrected chi connectivity index (χ0v) is 7.28. The van der Waals surface area contributed by atoms with E-state index in [2.05, 4.69) is 14.7 Å². The third kappa shape index (κ3) is 2.18. The van der Waals surface area contributed by atoms with Gasteiger partial charge < -0.3 is 4.74 Å². The molecule has 2 rings (SSSR count). The highest BCUT2D eigenvalue weighted by Gasteiger charge is 2.16. The van der Waals surface area contributed by atoms with Crippen molar-refractivity contribution in [1.82, 2.24) is 10.1 Å². The van der Waals surface area contributed by atoms with Crippen LogP contribution in [-0.2, 0) is 11.2 Å². The molecule has 0 aromatic carbocycles. The van der Waals surface area contributed by atoms with E-state index in [0.717, 1.165) is 32.5 Å². The van der Waals surface area contributed by atoms with Gasteiger partial charge in [0.2, 0.25) is 0 Å². The Kier molecular flexibility index (Phi) is 2.44. The van der Waals surface area contributed by atoms with Crippen molar-refractivity contribution in [3.05, 3.63) is 16.4 Å². The van der Waals surface area contributed by atoms with Gasteiger partial charge in [-0.1, -0.05) is 5.16 Å². The fourth-order valence-corrected chi connectivity index (χ4v) is 1.57. The first kappa shape index (κ1) is 8.50. The number of ether oxygens (including phenoxy) is 1. The number of hydrogen-bond donors (Lipinski definition) is 1. The number of aromatic nitrogens is 2. The van der Waals surface area contributed by atoms with Crippen LogP contribution in [0.2, 0.25) is 0 Å². The highest BCUT2D eigenvalue weighted by Crippen LogP contribution is 2.17. The summed E-state index contributed by atoms with van der Waals surface area (Å²) in [6, 6.07) is 0. The van der Waals surface area contributed by atoms with Gasteiger partial charge >= 0.3 is 5.76 Å². The van der Waals surface area contributed by atoms with Gasteiger partial charge in [-0.3, -0.25) is 9.51 Å². The van der Waals surface area contributed by atoms with E-state index in [4.69, 9.17) is 4.74 Å². The molecule has 1 N–H and O–H groups in total. The average Bonchev–Trinajstić information content (AvgIpc) is 2.53. The van der Waals surface area contributed by atoms with Gasteiger partial charge in [0.1, 0.15) is 0 Å². The number of aromatic amines is 1. The fraction of sp³-hybridized carbons (Fsp3) is 0.750. The van der Waals surface area contributed by atoms with Crippen molar-refractivity contribution in [2.75, 3.05) is 13.2 Å². The molecule has 72 valence electrons. The van der Waals surface area contributed by atoms with Crippen LogP contribution in [0.15, 0.2) is 9.32 Å². The second-order valence-electron chi connectivity index (χ2n) is 3.30. The van der Waals surface area contributed by atoms with E-state index in [1.807, 2.05) is 0 Å². The van der Waals surface area contributed by atoms with Crippen LogP contribution >= 0.6 is 0 Å². The summed E-state index contributed by atoms with van der Waals surface area (Å²) >= 11 is 0. The van der Waals surface area contributed by atoms with E-state index in [1.165, 1.54) is 0 Å². The van der Waals surface area contributed by atoms with Gasteiger partial charge in [-0.15, -0.1) is 0 Å². The SMILES string of the molecule is O=c1[nH]c(CC2CCOCC2)no1. The predicted molar refractivity (Wildman–Crippen MR) is 44.4 cm³/mol. The molecular formula is C8H12N2O3. The number of nitrogens with zero attached hydrogens (tertiary/aromatic N) is 1. The topological polar surface area (TPSA) is 68.1 Å². The van der Waals surface area contributed by atoms with Gasteiger partial charge in [-0.05, 0) is 18.8 Å². The Bertz CT molecular complexity index is 311. The summed E-state index contributed by atoms with van der Waals surface area (Å²) < 4.78 is 9.64. The second-order valence-corrected chi connectivity index (χ2v) is 3.30. The molecule has 0 spiro atoms. The summed E-state index contributed by atoms with van der Waals surface area (Å²) in [6.45, 7) is 1.62. The molecule has 0 unspecified atom stereocenters. The Balaban J connectivity index is 1.93. The molecule has 0 amide bonds. The molecule has 1 aliphatic rings. The molecule has 0 radical (unpaired) electrons. The molecule has 0 atom stereocenters. The van der Waals surface area contributed by atoms with Crippen LogP contribution in [-0.4, -0.2) is 23.4 Å². The average molecular weight is 184 g/mol. The standard InChI is InChI=1S/C8H12N2O3/c11-8-9-7(10-13-8)5-6-1-3-12-4-2-6/h6H,1-5H2,(H,9,10,11). The van der Waals surface area contributed by atoms with E-state index in [1.54, 1.807) is 0 Å². The molecule has 1 saturated heterocycles. The summed E-state index contributed by atoms with van der Waals surface area (Å²) in [7, 11) is 0. The summed E-state index contributed by atoms with van der Waals surface area (Å²) in [5.41, 5.74) is 0. The zero-order valence-electron chi connectivity index (χ0n) is 7.28. The highest BCUT2D eigenvalue weighted by molar-refractivity contribution is 4.82. The smallest absolute Gasteiger partial charge is 0.381 e. The van der Waals surface area contributed by atoms with E-state index >= 15 is 0 Å². The first-order valence-corrected chi connectivity index (χ1v) is 4.47. The number of nitrogens with one attached hydrogen (secondary N) is 1. The maximum Gasteiger partial charge on any atom is 0.438 e.